The zero-order valence-electron chi connectivity index (χ0n) is 12.3. The highest BCUT2D eigenvalue weighted by Crippen LogP contribution is 2.07. The number of carbonyl (C=O) groups excluding carboxylic acids is 1. The van der Waals surface area contributed by atoms with Gasteiger partial charge >= 0.3 is 12.0 Å². The summed E-state index contributed by atoms with van der Waals surface area (Å²) in [6, 6.07) is 7.66. The van der Waals surface area contributed by atoms with Crippen LogP contribution < -0.4 is 10.6 Å². The predicted octanol–water partition coefficient (Wildman–Crippen LogP) is 2.91. The van der Waals surface area contributed by atoms with Gasteiger partial charge in [0.2, 0.25) is 0 Å². The molecule has 0 spiro atoms. The first kappa shape index (κ1) is 16.8. The zero-order chi connectivity index (χ0) is 15.5. The SMILES string of the molecule is Cc1ccccc1/C=C/NC(=O)NCCCCCC(=O)O. The van der Waals surface area contributed by atoms with E-state index < -0.39 is 5.97 Å². The van der Waals surface area contributed by atoms with E-state index in [1.807, 2.05) is 37.3 Å². The van der Waals surface area contributed by atoms with Gasteiger partial charge in [-0.15, -0.1) is 0 Å². The molecular formula is C16H22N2O3. The largest absolute Gasteiger partial charge is 0.481 e. The van der Waals surface area contributed by atoms with Gasteiger partial charge in [-0.3, -0.25) is 4.79 Å². The van der Waals surface area contributed by atoms with Crippen LogP contribution in [0.15, 0.2) is 30.5 Å². The van der Waals surface area contributed by atoms with Gasteiger partial charge in [-0.05, 0) is 37.0 Å². The highest BCUT2D eigenvalue weighted by Gasteiger charge is 1.98. The smallest absolute Gasteiger partial charge is 0.318 e. The highest BCUT2D eigenvalue weighted by atomic mass is 16.4. The number of hydrogen-bond acceptors (Lipinski definition) is 2. The fraction of sp³-hybridized carbons (Fsp3) is 0.375. The standard InChI is InChI=1S/C16H22N2O3/c1-13-7-4-5-8-14(13)10-12-18-16(21)17-11-6-2-3-9-15(19)20/h4-5,7-8,10,12H,2-3,6,9,11H2,1H3,(H,19,20)(H2,17,18,21)/b12-10+. The molecule has 0 heterocycles. The lowest BCUT2D eigenvalue weighted by atomic mass is 10.1. The van der Waals surface area contributed by atoms with Crippen molar-refractivity contribution in [3.05, 3.63) is 41.6 Å². The second-order valence-corrected chi connectivity index (χ2v) is 4.79. The average molecular weight is 290 g/mol. The number of benzene rings is 1. The Morgan fingerprint density at radius 3 is 2.67 bits per heavy atom. The molecule has 2 amide bonds. The average Bonchev–Trinajstić information content (AvgIpc) is 2.44. The van der Waals surface area contributed by atoms with Crippen LogP contribution in [0, 0.1) is 6.92 Å². The van der Waals surface area contributed by atoms with Gasteiger partial charge in [0, 0.05) is 19.2 Å². The van der Waals surface area contributed by atoms with Crippen molar-refractivity contribution in [2.24, 2.45) is 0 Å². The van der Waals surface area contributed by atoms with E-state index in [-0.39, 0.29) is 12.5 Å². The topological polar surface area (TPSA) is 78.4 Å². The number of aryl methyl sites for hydroxylation is 1. The van der Waals surface area contributed by atoms with Crippen LogP contribution >= 0.6 is 0 Å². The third-order valence-electron chi connectivity index (χ3n) is 3.02. The van der Waals surface area contributed by atoms with Crippen LogP contribution in [0.5, 0.6) is 0 Å². The van der Waals surface area contributed by atoms with Crippen LogP contribution in [0.3, 0.4) is 0 Å². The van der Waals surface area contributed by atoms with Gasteiger partial charge < -0.3 is 15.7 Å². The maximum atomic E-state index is 11.5. The normalized spacial score (nSPS) is 10.5. The Morgan fingerprint density at radius 1 is 1.19 bits per heavy atom. The molecule has 0 radical (unpaired) electrons. The lowest BCUT2D eigenvalue weighted by molar-refractivity contribution is -0.137. The van der Waals surface area contributed by atoms with Gasteiger partial charge in [0.15, 0.2) is 0 Å². The molecule has 0 aliphatic heterocycles. The third-order valence-corrected chi connectivity index (χ3v) is 3.02. The molecule has 21 heavy (non-hydrogen) atoms. The van der Waals surface area contributed by atoms with E-state index in [1.54, 1.807) is 6.20 Å². The summed E-state index contributed by atoms with van der Waals surface area (Å²) in [6.45, 7) is 2.56. The molecule has 0 aromatic heterocycles. The number of carbonyl (C=O) groups is 2. The van der Waals surface area contributed by atoms with Crippen LogP contribution in [-0.4, -0.2) is 23.7 Å². The molecule has 0 fully saturated rings. The number of hydrogen-bond donors (Lipinski definition) is 3. The van der Waals surface area contributed by atoms with E-state index in [9.17, 15) is 9.59 Å². The van der Waals surface area contributed by atoms with E-state index in [2.05, 4.69) is 10.6 Å². The van der Waals surface area contributed by atoms with Crippen molar-refractivity contribution in [3.8, 4) is 0 Å². The summed E-state index contributed by atoms with van der Waals surface area (Å²) in [6.07, 6.45) is 5.87. The Bertz CT molecular complexity index is 498. The maximum Gasteiger partial charge on any atom is 0.318 e. The van der Waals surface area contributed by atoms with Crippen molar-refractivity contribution in [3.63, 3.8) is 0 Å². The fourth-order valence-electron chi connectivity index (χ4n) is 1.81. The van der Waals surface area contributed by atoms with Gasteiger partial charge in [0.1, 0.15) is 0 Å². The van der Waals surface area contributed by atoms with Gasteiger partial charge in [0.05, 0.1) is 0 Å². The molecule has 0 unspecified atom stereocenters. The van der Waals surface area contributed by atoms with E-state index in [0.29, 0.717) is 13.0 Å². The summed E-state index contributed by atoms with van der Waals surface area (Å²) in [4.78, 5) is 21.8. The van der Waals surface area contributed by atoms with Crippen molar-refractivity contribution >= 4 is 18.1 Å². The summed E-state index contributed by atoms with van der Waals surface area (Å²) in [5, 5.41) is 13.8. The molecule has 114 valence electrons. The second-order valence-electron chi connectivity index (χ2n) is 4.79. The zero-order valence-corrected chi connectivity index (χ0v) is 12.3. The number of rotatable bonds is 8. The van der Waals surface area contributed by atoms with Gasteiger partial charge in [0.25, 0.3) is 0 Å². The van der Waals surface area contributed by atoms with Crippen molar-refractivity contribution in [1.29, 1.82) is 0 Å². The minimum Gasteiger partial charge on any atom is -0.481 e. The first-order valence-corrected chi connectivity index (χ1v) is 7.08. The van der Waals surface area contributed by atoms with Crippen LogP contribution in [0.1, 0.15) is 36.8 Å². The van der Waals surface area contributed by atoms with E-state index in [4.69, 9.17) is 5.11 Å². The van der Waals surface area contributed by atoms with Crippen LogP contribution in [-0.2, 0) is 4.79 Å². The lowest BCUT2D eigenvalue weighted by Crippen LogP contribution is -2.32. The highest BCUT2D eigenvalue weighted by molar-refractivity contribution is 5.75. The Kier molecular flexibility index (Phi) is 7.64. The fourth-order valence-corrected chi connectivity index (χ4v) is 1.81. The molecule has 3 N–H and O–H groups in total. The summed E-state index contributed by atoms with van der Waals surface area (Å²) in [5.74, 6) is -0.776. The number of carboxylic acid groups (broad SMARTS) is 1. The quantitative estimate of drug-likeness (QED) is 0.644. The van der Waals surface area contributed by atoms with Crippen molar-refractivity contribution in [2.45, 2.75) is 32.6 Å². The Morgan fingerprint density at radius 2 is 1.95 bits per heavy atom. The van der Waals surface area contributed by atoms with Crippen molar-refractivity contribution < 1.29 is 14.7 Å². The molecule has 1 aromatic carbocycles. The minimum atomic E-state index is -0.776. The number of urea groups is 1. The first-order chi connectivity index (χ1) is 10.1. The van der Waals surface area contributed by atoms with Crippen LogP contribution in [0.2, 0.25) is 0 Å². The summed E-state index contributed by atoms with van der Waals surface area (Å²) in [7, 11) is 0. The Labute approximate surface area is 125 Å². The third kappa shape index (κ3) is 7.77. The first-order valence-electron chi connectivity index (χ1n) is 7.08. The van der Waals surface area contributed by atoms with E-state index >= 15 is 0 Å². The van der Waals surface area contributed by atoms with Crippen molar-refractivity contribution in [1.82, 2.24) is 10.6 Å². The van der Waals surface area contributed by atoms with Crippen molar-refractivity contribution in [2.75, 3.05) is 6.54 Å². The lowest BCUT2D eigenvalue weighted by Gasteiger charge is -2.04. The molecule has 0 atom stereocenters. The molecule has 0 aliphatic carbocycles. The molecule has 0 saturated heterocycles. The maximum absolute atomic E-state index is 11.5. The minimum absolute atomic E-state index is 0.186. The van der Waals surface area contributed by atoms with Gasteiger partial charge in [-0.2, -0.15) is 0 Å². The number of amides is 2. The molecule has 1 rings (SSSR count). The monoisotopic (exact) mass is 290 g/mol. The molecular weight excluding hydrogens is 268 g/mol. The second kappa shape index (κ2) is 9.58. The summed E-state index contributed by atoms with van der Waals surface area (Å²) in [5.41, 5.74) is 2.21. The Balaban J connectivity index is 2.14. The molecule has 1 aromatic rings. The summed E-state index contributed by atoms with van der Waals surface area (Å²) >= 11 is 0. The molecule has 0 saturated carbocycles. The number of aliphatic carboxylic acids is 1. The van der Waals surface area contributed by atoms with Crippen LogP contribution in [0.4, 0.5) is 4.79 Å². The molecule has 5 nitrogen and oxygen atoms in total. The molecule has 0 bridgehead atoms. The Hall–Kier alpha value is -2.30. The van der Waals surface area contributed by atoms with Crippen LogP contribution in [0.25, 0.3) is 6.08 Å². The molecule has 5 heteroatoms. The predicted molar refractivity (Wildman–Crippen MR) is 82.9 cm³/mol. The van der Waals surface area contributed by atoms with Gasteiger partial charge in [-0.1, -0.05) is 30.7 Å². The van der Waals surface area contributed by atoms with E-state index in [1.165, 1.54) is 0 Å². The number of carboxylic acids is 1. The van der Waals surface area contributed by atoms with Gasteiger partial charge in [-0.25, -0.2) is 4.79 Å². The number of unbranched alkanes of at least 4 members (excludes halogenated alkanes) is 2. The summed E-state index contributed by atoms with van der Waals surface area (Å²) < 4.78 is 0. The van der Waals surface area contributed by atoms with E-state index in [0.717, 1.165) is 24.0 Å². The molecule has 0 aliphatic rings. The number of nitrogens with one attached hydrogen (secondary N) is 2.